The second-order valence-corrected chi connectivity index (χ2v) is 7.25. The van der Waals surface area contributed by atoms with E-state index in [1.165, 1.54) is 0 Å². The SMILES string of the molecule is CC(C)Cc1cc(C(=O)N2CCCC(c3nccn3CC(N)=O)C2)no1. The van der Waals surface area contributed by atoms with Crippen LogP contribution in [0.25, 0.3) is 0 Å². The molecule has 3 heterocycles. The molecule has 1 aliphatic rings. The maximum absolute atomic E-state index is 12.8. The van der Waals surface area contributed by atoms with Crippen LogP contribution >= 0.6 is 0 Å². The van der Waals surface area contributed by atoms with Crippen LogP contribution in [-0.4, -0.2) is 44.5 Å². The quantitative estimate of drug-likeness (QED) is 0.842. The Morgan fingerprint density at radius 3 is 2.96 bits per heavy atom. The maximum atomic E-state index is 12.8. The van der Waals surface area contributed by atoms with Gasteiger partial charge >= 0.3 is 0 Å². The van der Waals surface area contributed by atoms with Crippen LogP contribution in [0.4, 0.5) is 0 Å². The largest absolute Gasteiger partial charge is 0.368 e. The van der Waals surface area contributed by atoms with Crippen molar-refractivity contribution in [1.29, 1.82) is 0 Å². The molecule has 1 atom stereocenters. The lowest BCUT2D eigenvalue weighted by molar-refractivity contribution is -0.118. The van der Waals surface area contributed by atoms with Crippen LogP contribution in [-0.2, 0) is 17.8 Å². The van der Waals surface area contributed by atoms with E-state index in [9.17, 15) is 9.59 Å². The Morgan fingerprint density at radius 2 is 2.23 bits per heavy atom. The van der Waals surface area contributed by atoms with Gasteiger partial charge in [0, 0.05) is 43.9 Å². The fourth-order valence-corrected chi connectivity index (χ4v) is 3.43. The summed E-state index contributed by atoms with van der Waals surface area (Å²) in [4.78, 5) is 30.2. The van der Waals surface area contributed by atoms with Gasteiger partial charge < -0.3 is 19.7 Å². The average molecular weight is 359 g/mol. The number of hydrogen-bond acceptors (Lipinski definition) is 5. The number of amides is 2. The molecule has 2 aromatic rings. The Balaban J connectivity index is 1.70. The molecule has 3 rings (SSSR count). The van der Waals surface area contributed by atoms with Gasteiger partial charge in [-0.3, -0.25) is 9.59 Å². The van der Waals surface area contributed by atoms with Crippen molar-refractivity contribution in [2.24, 2.45) is 11.7 Å². The lowest BCUT2D eigenvalue weighted by atomic mass is 9.96. The van der Waals surface area contributed by atoms with Crippen molar-refractivity contribution in [3.63, 3.8) is 0 Å². The average Bonchev–Trinajstić information content (AvgIpc) is 3.23. The highest BCUT2D eigenvalue weighted by Crippen LogP contribution is 2.27. The molecule has 2 amide bonds. The molecule has 1 saturated heterocycles. The van der Waals surface area contributed by atoms with E-state index in [0.29, 0.717) is 24.7 Å². The fourth-order valence-electron chi connectivity index (χ4n) is 3.43. The second kappa shape index (κ2) is 7.72. The van der Waals surface area contributed by atoms with E-state index in [1.807, 2.05) is 0 Å². The molecule has 8 nitrogen and oxygen atoms in total. The topological polar surface area (TPSA) is 107 Å². The summed E-state index contributed by atoms with van der Waals surface area (Å²) in [5.41, 5.74) is 5.65. The second-order valence-electron chi connectivity index (χ2n) is 7.25. The first-order chi connectivity index (χ1) is 12.4. The summed E-state index contributed by atoms with van der Waals surface area (Å²) < 4.78 is 7.05. The molecule has 2 N–H and O–H groups in total. The van der Waals surface area contributed by atoms with Gasteiger partial charge in [-0.25, -0.2) is 4.98 Å². The summed E-state index contributed by atoms with van der Waals surface area (Å²) in [7, 11) is 0. The van der Waals surface area contributed by atoms with E-state index >= 15 is 0 Å². The summed E-state index contributed by atoms with van der Waals surface area (Å²) >= 11 is 0. The molecular formula is C18H25N5O3. The van der Waals surface area contributed by atoms with Gasteiger partial charge in [-0.2, -0.15) is 0 Å². The van der Waals surface area contributed by atoms with Crippen LogP contribution in [0.1, 0.15) is 54.7 Å². The fraction of sp³-hybridized carbons (Fsp3) is 0.556. The number of carbonyl (C=O) groups is 2. The smallest absolute Gasteiger partial charge is 0.276 e. The number of nitrogens with zero attached hydrogens (tertiary/aromatic N) is 4. The molecule has 0 aromatic carbocycles. The minimum absolute atomic E-state index is 0.0732. The molecular weight excluding hydrogens is 334 g/mol. The molecule has 140 valence electrons. The van der Waals surface area contributed by atoms with Gasteiger partial charge in [0.05, 0.1) is 0 Å². The van der Waals surface area contributed by atoms with Crippen molar-refractivity contribution in [1.82, 2.24) is 19.6 Å². The van der Waals surface area contributed by atoms with Crippen LogP contribution in [0.5, 0.6) is 0 Å². The molecule has 0 bridgehead atoms. The van der Waals surface area contributed by atoms with Gasteiger partial charge in [-0.05, 0) is 18.8 Å². The molecule has 0 saturated carbocycles. The van der Waals surface area contributed by atoms with Crippen LogP contribution in [0, 0.1) is 5.92 Å². The normalized spacial score (nSPS) is 17.7. The van der Waals surface area contributed by atoms with Gasteiger partial charge in [0.15, 0.2) is 5.69 Å². The molecule has 0 radical (unpaired) electrons. The number of carbonyl (C=O) groups excluding carboxylic acids is 2. The molecule has 8 heteroatoms. The van der Waals surface area contributed by atoms with Crippen molar-refractivity contribution in [2.75, 3.05) is 13.1 Å². The van der Waals surface area contributed by atoms with Crippen molar-refractivity contribution in [3.05, 3.63) is 35.7 Å². The van der Waals surface area contributed by atoms with Crippen molar-refractivity contribution in [2.45, 2.75) is 45.6 Å². The third-order valence-corrected chi connectivity index (χ3v) is 4.54. The predicted molar refractivity (Wildman–Crippen MR) is 94.3 cm³/mol. The summed E-state index contributed by atoms with van der Waals surface area (Å²) in [6.07, 6.45) is 5.95. The van der Waals surface area contributed by atoms with Crippen LogP contribution < -0.4 is 5.73 Å². The monoisotopic (exact) mass is 359 g/mol. The Labute approximate surface area is 152 Å². The van der Waals surface area contributed by atoms with Crippen LogP contribution in [0.2, 0.25) is 0 Å². The minimum Gasteiger partial charge on any atom is -0.368 e. The van der Waals surface area contributed by atoms with Gasteiger partial charge in [0.2, 0.25) is 5.91 Å². The summed E-state index contributed by atoms with van der Waals surface area (Å²) in [6.45, 7) is 5.50. The number of nitrogens with two attached hydrogens (primary N) is 1. The highest BCUT2D eigenvalue weighted by atomic mass is 16.5. The standard InChI is InChI=1S/C18H25N5O3/c1-12(2)8-14-9-15(21-26-14)18(25)23-6-3-4-13(10-23)17-20-5-7-22(17)11-16(19)24/h5,7,9,12-13H,3-4,6,8,10-11H2,1-2H3,(H2,19,24). The number of rotatable bonds is 6. The lowest BCUT2D eigenvalue weighted by Gasteiger charge is -2.32. The third-order valence-electron chi connectivity index (χ3n) is 4.54. The minimum atomic E-state index is -0.409. The first kappa shape index (κ1) is 18.2. The zero-order valence-electron chi connectivity index (χ0n) is 15.2. The van der Waals surface area contributed by atoms with E-state index in [-0.39, 0.29) is 18.4 Å². The third kappa shape index (κ3) is 4.12. The van der Waals surface area contributed by atoms with Crippen molar-refractivity contribution < 1.29 is 14.1 Å². The number of piperidine rings is 1. The Kier molecular flexibility index (Phi) is 5.39. The molecule has 1 fully saturated rings. The highest BCUT2D eigenvalue weighted by Gasteiger charge is 2.29. The van der Waals surface area contributed by atoms with Crippen molar-refractivity contribution in [3.8, 4) is 0 Å². The van der Waals surface area contributed by atoms with Crippen molar-refractivity contribution >= 4 is 11.8 Å². The Morgan fingerprint density at radius 1 is 1.42 bits per heavy atom. The molecule has 1 aliphatic heterocycles. The highest BCUT2D eigenvalue weighted by molar-refractivity contribution is 5.92. The zero-order valence-corrected chi connectivity index (χ0v) is 15.2. The van der Waals surface area contributed by atoms with Gasteiger partial charge in [0.1, 0.15) is 18.1 Å². The van der Waals surface area contributed by atoms with E-state index in [1.54, 1.807) is 27.9 Å². The number of primary amides is 1. The summed E-state index contributed by atoms with van der Waals surface area (Å²) in [5.74, 6) is 1.50. The van der Waals surface area contributed by atoms with Crippen LogP contribution in [0.15, 0.2) is 23.0 Å². The Bertz CT molecular complexity index is 779. The first-order valence-electron chi connectivity index (χ1n) is 8.98. The van der Waals surface area contributed by atoms with Gasteiger partial charge in [-0.1, -0.05) is 19.0 Å². The Hall–Kier alpha value is -2.64. The number of hydrogen-bond donors (Lipinski definition) is 1. The van der Waals surface area contributed by atoms with E-state index < -0.39 is 5.91 Å². The summed E-state index contributed by atoms with van der Waals surface area (Å²) in [6, 6.07) is 1.74. The van der Waals surface area contributed by atoms with E-state index in [2.05, 4.69) is 24.0 Å². The van der Waals surface area contributed by atoms with E-state index in [4.69, 9.17) is 10.3 Å². The molecule has 0 aliphatic carbocycles. The lowest BCUT2D eigenvalue weighted by Crippen LogP contribution is -2.40. The summed E-state index contributed by atoms with van der Waals surface area (Å²) in [5, 5.41) is 3.94. The maximum Gasteiger partial charge on any atom is 0.276 e. The zero-order chi connectivity index (χ0) is 18.7. The molecule has 2 aromatic heterocycles. The molecule has 0 spiro atoms. The number of imidazole rings is 1. The van der Waals surface area contributed by atoms with Gasteiger partial charge in [0.25, 0.3) is 5.91 Å². The predicted octanol–water partition coefficient (Wildman–Crippen LogP) is 1.57. The number of aromatic nitrogens is 3. The first-order valence-corrected chi connectivity index (χ1v) is 8.98. The van der Waals surface area contributed by atoms with E-state index in [0.717, 1.165) is 30.8 Å². The number of likely N-dealkylation sites (tertiary alicyclic amines) is 1. The van der Waals surface area contributed by atoms with Crippen LogP contribution in [0.3, 0.4) is 0 Å². The molecule has 1 unspecified atom stereocenters. The molecule has 26 heavy (non-hydrogen) atoms. The van der Waals surface area contributed by atoms with Gasteiger partial charge in [-0.15, -0.1) is 0 Å².